The molecule has 1 aromatic heterocycles. The van der Waals surface area contributed by atoms with Crippen molar-refractivity contribution in [1.82, 2.24) is 0 Å². The lowest BCUT2D eigenvalue weighted by Crippen LogP contribution is -2.19. The minimum absolute atomic E-state index is 0. The quantitative estimate of drug-likeness (QED) is 0.0927. The molecule has 0 saturated carbocycles. The highest BCUT2D eigenvalue weighted by Gasteiger charge is 2.33. The third kappa shape index (κ3) is 12.7. The molecule has 0 spiro atoms. The van der Waals surface area contributed by atoms with E-state index < -0.39 is 37.9 Å². The molecule has 3 aliphatic heterocycles. The third-order valence-electron chi connectivity index (χ3n) is 13.6. The first-order valence-electron chi connectivity index (χ1n) is 25.8. The van der Waals surface area contributed by atoms with Crippen LogP contribution in [0.3, 0.4) is 0 Å². The second kappa shape index (κ2) is 25.5. The fourth-order valence-corrected chi connectivity index (χ4v) is 14.5. The van der Waals surface area contributed by atoms with Crippen LogP contribution >= 0.6 is 33.0 Å². The van der Waals surface area contributed by atoms with Crippen LogP contribution in [0, 0.1) is 10.1 Å². The highest BCUT2D eigenvalue weighted by Crippen LogP contribution is 2.58. The van der Waals surface area contributed by atoms with Crippen molar-refractivity contribution >= 4 is 93.5 Å². The Hall–Kier alpha value is -8.22. The largest absolute Gasteiger partial charge is 0.438 e. The highest BCUT2D eigenvalue weighted by molar-refractivity contribution is 7.61. The zero-order chi connectivity index (χ0) is 55.1. The van der Waals surface area contributed by atoms with Crippen LogP contribution < -0.4 is 32.9 Å². The molecule has 11 aromatic rings. The summed E-state index contributed by atoms with van der Waals surface area (Å²) in [5, 5.41) is 16.6. The van der Waals surface area contributed by atoms with Gasteiger partial charge in [0, 0.05) is 56.7 Å². The summed E-state index contributed by atoms with van der Waals surface area (Å²) < 4.78 is 39.3. The third-order valence-corrected chi connectivity index (χ3v) is 18.4. The molecule has 14 rings (SSSR count). The van der Waals surface area contributed by atoms with Crippen molar-refractivity contribution in [3.8, 4) is 23.0 Å². The maximum Gasteiger partial charge on any atom is 0.287 e. The first-order chi connectivity index (χ1) is 39.0. The molecule has 0 bridgehead atoms. The topological polar surface area (TPSA) is 130 Å². The van der Waals surface area contributed by atoms with Gasteiger partial charge in [0.2, 0.25) is 13.4 Å². The van der Waals surface area contributed by atoms with E-state index >= 15 is 0 Å². The second-order valence-corrected chi connectivity index (χ2v) is 24.5. The number of benzene rings is 10. The summed E-state index contributed by atoms with van der Waals surface area (Å²) in [4.78, 5) is 22.4. The second-order valence-electron chi connectivity index (χ2n) is 18.8. The summed E-state index contributed by atoms with van der Waals surface area (Å²) in [7, 11) is -3.44. The number of anilines is 2. The fourth-order valence-electron chi connectivity index (χ4n) is 9.83. The maximum absolute atomic E-state index is 12.4. The molecule has 0 saturated heterocycles. The van der Waals surface area contributed by atoms with Crippen LogP contribution in [0.2, 0.25) is 0 Å². The predicted molar refractivity (Wildman–Crippen MR) is 337 cm³/mol. The van der Waals surface area contributed by atoms with E-state index in [0.717, 1.165) is 31.0 Å². The normalized spacial score (nSPS) is 13.9. The molecule has 0 aliphatic carbocycles. The number of para-hydroxylation sites is 4. The van der Waals surface area contributed by atoms with Crippen molar-refractivity contribution in [2.45, 2.75) is 26.9 Å². The molecule has 81 heavy (non-hydrogen) atoms. The van der Waals surface area contributed by atoms with Gasteiger partial charge in [-0.2, -0.15) is 0 Å². The number of nitrogens with zero attached hydrogens (tertiary/aromatic N) is 3. The molecule has 10 aromatic carbocycles. The van der Waals surface area contributed by atoms with Crippen LogP contribution in [0.25, 0.3) is 43.5 Å². The lowest BCUT2D eigenvalue weighted by molar-refractivity contribution is -0.384. The lowest BCUT2D eigenvalue weighted by atomic mass is 9.93. The number of fused-ring (bicyclic) bond motifs is 10. The molecule has 3 aliphatic rings. The van der Waals surface area contributed by atoms with Crippen LogP contribution in [0.4, 0.5) is 17.1 Å². The van der Waals surface area contributed by atoms with Gasteiger partial charge in [0.1, 0.15) is 22.7 Å². The van der Waals surface area contributed by atoms with Gasteiger partial charge in [-0.3, -0.25) is 14.9 Å². The minimum atomic E-state index is -1.08. The van der Waals surface area contributed by atoms with Gasteiger partial charge in [-0.15, -0.1) is 0 Å². The molecule has 16 heteroatoms. The van der Waals surface area contributed by atoms with E-state index in [-0.39, 0.29) is 18.5 Å². The standard InChI is InChI=1S/C22H17O2P.C21H21N2P.C14H11O3P.C7H6NO4P.CH4/c1-25-23-21-12-10-15-6-2-4-8-17(15)19(21)14-20-18-9-5-3-7-16(18)11-13-22(20)24-25;1-24-22(16-18-10-4-2-5-11-18)20-14-8-9-15-21(20)23(24)17-19-12-6-3-7-13-19;1-18-16-12-8-4-2-6-10(12)14(15)11-7-3-5-9-13(11)17-18;1-13-11-6-3-2-5(8(9)10)4-7(6)12-13;/h2-13H,14H2,1H3;2-15H,16-17H2,1H3;2-9H,1H3;2-4H,1H3;1H4. The van der Waals surface area contributed by atoms with E-state index in [4.69, 9.17) is 26.5 Å². The van der Waals surface area contributed by atoms with Gasteiger partial charge >= 0.3 is 0 Å². The number of nitro benzene ring substituents is 1. The van der Waals surface area contributed by atoms with E-state index in [1.807, 2.05) is 37.6 Å². The summed E-state index contributed by atoms with van der Waals surface area (Å²) >= 11 is 0. The van der Waals surface area contributed by atoms with Crippen LogP contribution in [0.1, 0.15) is 29.7 Å². The number of hydrogen-bond acceptors (Lipinski definition) is 11. The van der Waals surface area contributed by atoms with Crippen molar-refractivity contribution in [3.63, 3.8) is 0 Å². The van der Waals surface area contributed by atoms with E-state index in [1.165, 1.54) is 67.3 Å². The first kappa shape index (κ1) is 56.1. The van der Waals surface area contributed by atoms with Gasteiger partial charge in [-0.1, -0.05) is 165 Å². The van der Waals surface area contributed by atoms with Gasteiger partial charge in [-0.25, -0.2) is 0 Å². The number of aryl methyl sites for hydroxylation is 1. The first-order valence-corrected chi connectivity index (χ1v) is 32.4. The Kier molecular flexibility index (Phi) is 17.6. The monoisotopic (exact) mass is 1150 g/mol. The summed E-state index contributed by atoms with van der Waals surface area (Å²) in [5.41, 5.74) is 9.05. The molecule has 0 radical (unpaired) electrons. The summed E-state index contributed by atoms with van der Waals surface area (Å²) in [6.07, 6.45) is 0.802. The zero-order valence-electron chi connectivity index (χ0n) is 44.3. The summed E-state index contributed by atoms with van der Waals surface area (Å²) in [6.45, 7) is 9.97. The Morgan fingerprint density at radius 2 is 0.852 bits per heavy atom. The molecule has 12 nitrogen and oxygen atoms in total. The van der Waals surface area contributed by atoms with E-state index in [2.05, 4.69) is 174 Å². The summed E-state index contributed by atoms with van der Waals surface area (Å²) in [5.74, 6) is 2.92. The molecule has 4 heterocycles. The van der Waals surface area contributed by atoms with Crippen molar-refractivity contribution < 1.29 is 31.4 Å². The number of hydrogen-bond donors (Lipinski definition) is 0. The molecule has 0 N–H and O–H groups in total. The smallest absolute Gasteiger partial charge is 0.287 e. The van der Waals surface area contributed by atoms with Crippen molar-refractivity contribution in [2.75, 3.05) is 29.3 Å². The SMILES string of the molecule is C.CP1N(Cc2ccccc2)c2ccccc2N1Cc1ccccc1.CP1Oc2ccc([N+](=O)[O-])cc2O1.CP1Oc2ccc3ccccc3c2Cc2c(ccc3ccccc23)O1.Cp1oc2ccccc2c(=O)c2ccccc2o1. The van der Waals surface area contributed by atoms with Gasteiger partial charge < -0.3 is 35.8 Å². The van der Waals surface area contributed by atoms with Crippen LogP contribution in [-0.2, 0) is 26.2 Å². The Bertz CT molecular complexity index is 3920. The molecular weight excluding hydrogens is 1090 g/mol. The lowest BCUT2D eigenvalue weighted by Gasteiger charge is -2.29. The Labute approximate surface area is 475 Å². The van der Waals surface area contributed by atoms with Gasteiger partial charge in [0.05, 0.1) is 41.4 Å². The molecular formula is C65H59N3O9P4. The fraction of sp³-hybridized carbons (Fsp3) is 0.123. The van der Waals surface area contributed by atoms with Gasteiger partial charge in [0.15, 0.2) is 11.5 Å². The minimum Gasteiger partial charge on any atom is -0.438 e. The Morgan fingerprint density at radius 3 is 1.33 bits per heavy atom. The number of non-ortho nitro benzene ring substituents is 1. The van der Waals surface area contributed by atoms with Gasteiger partial charge in [0.25, 0.3) is 22.4 Å². The number of nitro groups is 1. The van der Waals surface area contributed by atoms with Gasteiger partial charge in [-0.05, 0) is 93.9 Å². The molecule has 0 fully saturated rings. The van der Waals surface area contributed by atoms with Crippen LogP contribution in [-0.4, -0.2) is 24.9 Å². The van der Waals surface area contributed by atoms with E-state index in [9.17, 15) is 14.9 Å². The van der Waals surface area contributed by atoms with Crippen molar-refractivity contribution in [2.24, 2.45) is 6.66 Å². The predicted octanol–water partition coefficient (Wildman–Crippen LogP) is 19.1. The van der Waals surface area contributed by atoms with E-state index in [0.29, 0.717) is 33.4 Å². The molecule has 1 atom stereocenters. The van der Waals surface area contributed by atoms with Crippen LogP contribution in [0.15, 0.2) is 238 Å². The molecule has 1 unspecified atom stereocenters. The van der Waals surface area contributed by atoms with E-state index in [1.54, 1.807) is 37.0 Å². The van der Waals surface area contributed by atoms with Crippen molar-refractivity contribution in [3.05, 3.63) is 267 Å². The molecule has 408 valence electrons. The number of rotatable bonds is 5. The molecule has 0 amide bonds. The highest BCUT2D eigenvalue weighted by atomic mass is 31.2. The maximum atomic E-state index is 12.4. The van der Waals surface area contributed by atoms with Crippen LogP contribution in [0.5, 0.6) is 23.0 Å². The Balaban J connectivity index is 0.000000124. The average Bonchev–Trinajstić information content (AvgIpc) is 4.21. The van der Waals surface area contributed by atoms with Crippen molar-refractivity contribution in [1.29, 1.82) is 0 Å². The Morgan fingerprint density at radius 1 is 0.457 bits per heavy atom. The zero-order valence-corrected chi connectivity index (χ0v) is 47.9. The summed E-state index contributed by atoms with van der Waals surface area (Å²) in [6, 6.07) is 74.6. The average molecular weight is 1150 g/mol.